The molecular weight excluding hydrogens is 212 g/mol. The summed E-state index contributed by atoms with van der Waals surface area (Å²) in [6.45, 7) is 2.49. The minimum atomic E-state index is 0.665. The smallest absolute Gasteiger partial charge is 0.0141 e. The van der Waals surface area contributed by atoms with Crippen molar-refractivity contribution in [1.29, 1.82) is 0 Å². The van der Waals surface area contributed by atoms with Crippen molar-refractivity contribution < 1.29 is 0 Å². The molecule has 2 aliphatic rings. The van der Waals surface area contributed by atoms with Crippen LogP contribution in [0, 0.1) is 11.3 Å². The number of rotatable bonds is 0. The maximum absolute atomic E-state index is 3.51. The summed E-state index contributed by atoms with van der Waals surface area (Å²) in [5.74, 6) is 0.908. The van der Waals surface area contributed by atoms with E-state index in [4.69, 9.17) is 0 Å². The van der Waals surface area contributed by atoms with E-state index in [2.05, 4.69) is 27.8 Å². The fraction of sp³-hybridized carbons (Fsp3) is 0.818. The summed E-state index contributed by atoms with van der Waals surface area (Å²) in [6.07, 6.45) is 8.55. The Labute approximate surface area is 83.6 Å². The van der Waals surface area contributed by atoms with Crippen LogP contribution in [0.15, 0.2) is 10.6 Å². The van der Waals surface area contributed by atoms with E-state index in [1.165, 1.54) is 38.5 Å². The molecule has 0 radical (unpaired) electrons. The van der Waals surface area contributed by atoms with Crippen LogP contribution < -0.4 is 0 Å². The lowest BCUT2D eigenvalue weighted by Gasteiger charge is -2.38. The minimum absolute atomic E-state index is 0.665. The predicted octanol–water partition coefficient (Wildman–Crippen LogP) is 4.26. The molecule has 12 heavy (non-hydrogen) atoms. The van der Waals surface area contributed by atoms with Gasteiger partial charge >= 0.3 is 0 Å². The van der Waals surface area contributed by atoms with Gasteiger partial charge in [0.1, 0.15) is 0 Å². The van der Waals surface area contributed by atoms with Gasteiger partial charge in [-0.25, -0.2) is 0 Å². The van der Waals surface area contributed by atoms with Crippen LogP contribution in [0.5, 0.6) is 0 Å². The van der Waals surface area contributed by atoms with E-state index < -0.39 is 0 Å². The first-order valence-electron chi connectivity index (χ1n) is 5.05. The lowest BCUT2D eigenvalue weighted by molar-refractivity contribution is 0.202. The van der Waals surface area contributed by atoms with Gasteiger partial charge in [-0.15, -0.1) is 0 Å². The third-order valence-electron chi connectivity index (χ3n) is 3.88. The van der Waals surface area contributed by atoms with Crippen molar-refractivity contribution in [2.24, 2.45) is 11.3 Å². The maximum Gasteiger partial charge on any atom is -0.0141 e. The SMILES string of the molecule is CC12CCC/C(=C\Br)C1CCC2. The Hall–Kier alpha value is 0.220. The average molecular weight is 229 g/mol. The molecule has 0 amide bonds. The second kappa shape index (κ2) is 3.17. The van der Waals surface area contributed by atoms with Crippen LogP contribution in [-0.2, 0) is 0 Å². The van der Waals surface area contributed by atoms with Crippen LogP contribution in [0.4, 0.5) is 0 Å². The molecule has 0 aromatic rings. The second-order valence-corrected chi connectivity index (χ2v) is 5.09. The molecule has 2 aliphatic carbocycles. The molecule has 2 fully saturated rings. The fourth-order valence-corrected chi connectivity index (χ4v) is 3.71. The average Bonchev–Trinajstić information content (AvgIpc) is 2.45. The Kier molecular flexibility index (Phi) is 2.33. The van der Waals surface area contributed by atoms with Gasteiger partial charge in [-0.05, 0) is 48.4 Å². The molecule has 2 atom stereocenters. The molecule has 2 rings (SSSR count). The zero-order chi connectivity index (χ0) is 8.60. The molecule has 0 N–H and O–H groups in total. The van der Waals surface area contributed by atoms with E-state index in [1.807, 2.05) is 0 Å². The number of hydrogen-bond donors (Lipinski definition) is 0. The summed E-state index contributed by atoms with van der Waals surface area (Å²) in [4.78, 5) is 2.19. The van der Waals surface area contributed by atoms with E-state index >= 15 is 0 Å². The van der Waals surface area contributed by atoms with Gasteiger partial charge in [0, 0.05) is 0 Å². The molecule has 0 heterocycles. The second-order valence-electron chi connectivity index (χ2n) is 4.64. The van der Waals surface area contributed by atoms with E-state index in [-0.39, 0.29) is 0 Å². The van der Waals surface area contributed by atoms with Gasteiger partial charge in [-0.2, -0.15) is 0 Å². The zero-order valence-corrected chi connectivity index (χ0v) is 9.36. The standard InChI is InChI=1S/C11H17Br/c1-11-6-2-4-9(8-12)10(11)5-3-7-11/h8,10H,2-7H2,1H3/b9-8+. The fourth-order valence-electron chi connectivity index (χ4n) is 3.17. The van der Waals surface area contributed by atoms with Crippen molar-refractivity contribution in [3.05, 3.63) is 10.6 Å². The van der Waals surface area contributed by atoms with Gasteiger partial charge < -0.3 is 0 Å². The number of fused-ring (bicyclic) bond motifs is 1. The maximum atomic E-state index is 3.51. The van der Waals surface area contributed by atoms with Crippen molar-refractivity contribution in [3.8, 4) is 0 Å². The molecule has 0 aromatic heterocycles. The minimum Gasteiger partial charge on any atom is -0.0597 e. The summed E-state index contributed by atoms with van der Waals surface area (Å²) in [5, 5.41) is 0. The zero-order valence-electron chi connectivity index (χ0n) is 7.78. The molecule has 0 bridgehead atoms. The highest BCUT2D eigenvalue weighted by molar-refractivity contribution is 9.11. The lowest BCUT2D eigenvalue weighted by atomic mass is 9.68. The summed E-state index contributed by atoms with van der Waals surface area (Å²) in [7, 11) is 0. The highest BCUT2D eigenvalue weighted by atomic mass is 79.9. The van der Waals surface area contributed by atoms with Crippen molar-refractivity contribution in [2.45, 2.75) is 45.4 Å². The Morgan fingerprint density at radius 1 is 1.42 bits per heavy atom. The number of allylic oxidation sites excluding steroid dienone is 1. The topological polar surface area (TPSA) is 0 Å². The summed E-state index contributed by atoms with van der Waals surface area (Å²) >= 11 is 3.51. The summed E-state index contributed by atoms with van der Waals surface area (Å²) < 4.78 is 0. The first-order valence-corrected chi connectivity index (χ1v) is 5.97. The molecule has 0 saturated heterocycles. The van der Waals surface area contributed by atoms with Crippen molar-refractivity contribution >= 4 is 15.9 Å². The molecule has 68 valence electrons. The van der Waals surface area contributed by atoms with Gasteiger partial charge in [0.2, 0.25) is 0 Å². The van der Waals surface area contributed by atoms with Gasteiger partial charge in [0.25, 0.3) is 0 Å². The van der Waals surface area contributed by atoms with Crippen molar-refractivity contribution in [3.63, 3.8) is 0 Å². The summed E-state index contributed by atoms with van der Waals surface area (Å²) in [5.41, 5.74) is 2.35. The molecule has 2 unspecified atom stereocenters. The van der Waals surface area contributed by atoms with Crippen LogP contribution in [0.25, 0.3) is 0 Å². The van der Waals surface area contributed by atoms with Crippen LogP contribution in [0.2, 0.25) is 0 Å². The first-order chi connectivity index (χ1) is 5.76. The number of halogens is 1. The normalized spacial score (nSPS) is 44.8. The molecule has 0 spiro atoms. The Morgan fingerprint density at radius 2 is 2.17 bits per heavy atom. The largest absolute Gasteiger partial charge is 0.0597 e. The monoisotopic (exact) mass is 228 g/mol. The first kappa shape index (κ1) is 8.80. The van der Waals surface area contributed by atoms with E-state index in [9.17, 15) is 0 Å². The molecule has 1 heteroatoms. The van der Waals surface area contributed by atoms with Crippen molar-refractivity contribution in [1.82, 2.24) is 0 Å². The summed E-state index contributed by atoms with van der Waals surface area (Å²) in [6, 6.07) is 0. The Balaban J connectivity index is 2.24. The molecule has 0 aliphatic heterocycles. The third-order valence-corrected chi connectivity index (χ3v) is 4.47. The van der Waals surface area contributed by atoms with E-state index in [0.29, 0.717) is 5.41 Å². The van der Waals surface area contributed by atoms with Gasteiger partial charge in [0.05, 0.1) is 0 Å². The highest BCUT2D eigenvalue weighted by Crippen LogP contribution is 2.54. The molecule has 0 nitrogen and oxygen atoms in total. The Bertz CT molecular complexity index is 207. The van der Waals surface area contributed by atoms with Crippen LogP contribution in [0.1, 0.15) is 45.4 Å². The van der Waals surface area contributed by atoms with Crippen LogP contribution >= 0.6 is 15.9 Å². The van der Waals surface area contributed by atoms with Crippen LogP contribution in [0.3, 0.4) is 0 Å². The lowest BCUT2D eigenvalue weighted by Crippen LogP contribution is -2.27. The van der Waals surface area contributed by atoms with E-state index in [1.54, 1.807) is 5.57 Å². The van der Waals surface area contributed by atoms with Gasteiger partial charge in [-0.1, -0.05) is 34.8 Å². The third kappa shape index (κ3) is 1.26. The molecular formula is C11H17Br. The molecule has 2 saturated carbocycles. The highest BCUT2D eigenvalue weighted by Gasteiger charge is 2.42. The van der Waals surface area contributed by atoms with Gasteiger partial charge in [0.15, 0.2) is 0 Å². The van der Waals surface area contributed by atoms with Crippen molar-refractivity contribution in [2.75, 3.05) is 0 Å². The number of hydrogen-bond acceptors (Lipinski definition) is 0. The Morgan fingerprint density at radius 3 is 2.92 bits per heavy atom. The molecule has 0 aromatic carbocycles. The van der Waals surface area contributed by atoms with E-state index in [0.717, 1.165) is 5.92 Å². The quantitative estimate of drug-likeness (QED) is 0.582. The van der Waals surface area contributed by atoms with Gasteiger partial charge in [-0.3, -0.25) is 0 Å². The van der Waals surface area contributed by atoms with Crippen LogP contribution in [-0.4, -0.2) is 0 Å². The predicted molar refractivity (Wildman–Crippen MR) is 56.3 cm³/mol.